The third-order valence-corrected chi connectivity index (χ3v) is 4.77. The number of nitrogens with one attached hydrogen (secondary N) is 1. The van der Waals surface area contributed by atoms with Crippen molar-refractivity contribution in [2.24, 2.45) is 0 Å². The first-order valence-electron chi connectivity index (χ1n) is 6.66. The Morgan fingerprint density at radius 2 is 1.86 bits per heavy atom. The van der Waals surface area contributed by atoms with Crippen molar-refractivity contribution in [1.29, 1.82) is 0 Å². The van der Waals surface area contributed by atoms with Crippen molar-refractivity contribution in [3.05, 3.63) is 23.3 Å². The topological polar surface area (TPSA) is 102 Å². The Bertz CT molecular complexity index is 603. The molecule has 0 atom stereocenters. The number of aliphatic carboxylic acids is 1. The summed E-state index contributed by atoms with van der Waals surface area (Å²) in [7, 11) is -1.96. The van der Waals surface area contributed by atoms with Gasteiger partial charge in [-0.3, -0.25) is 0 Å². The van der Waals surface area contributed by atoms with Gasteiger partial charge >= 0.3 is 5.97 Å². The van der Waals surface area contributed by atoms with Crippen molar-refractivity contribution >= 4 is 15.8 Å². The molecule has 0 aliphatic rings. The maximum absolute atomic E-state index is 12.4. The third-order valence-electron chi connectivity index (χ3n) is 2.92. The molecular formula is C14H21NO6S. The number of carbonyl (C=O) groups is 1. The molecule has 0 amide bonds. The van der Waals surface area contributed by atoms with Crippen LogP contribution in [0, 0.1) is 13.8 Å². The van der Waals surface area contributed by atoms with Crippen molar-refractivity contribution in [2.75, 3.05) is 32.7 Å². The van der Waals surface area contributed by atoms with Gasteiger partial charge in [0.15, 0.2) is 9.84 Å². The van der Waals surface area contributed by atoms with Crippen LogP contribution in [0.1, 0.15) is 11.1 Å². The van der Waals surface area contributed by atoms with E-state index in [-0.39, 0.29) is 23.9 Å². The lowest BCUT2D eigenvalue weighted by Gasteiger charge is -2.13. The zero-order valence-corrected chi connectivity index (χ0v) is 13.7. The van der Waals surface area contributed by atoms with E-state index in [0.29, 0.717) is 16.9 Å². The Hall–Kier alpha value is -1.64. The van der Waals surface area contributed by atoms with E-state index < -0.39 is 22.4 Å². The predicted molar refractivity (Wildman–Crippen MR) is 81.0 cm³/mol. The number of carboxylic acids is 1. The van der Waals surface area contributed by atoms with Crippen molar-refractivity contribution in [3.8, 4) is 5.75 Å². The number of aryl methyl sites for hydroxylation is 2. The summed E-state index contributed by atoms with van der Waals surface area (Å²) in [6.45, 7) is 3.42. The van der Waals surface area contributed by atoms with Gasteiger partial charge in [0.1, 0.15) is 18.2 Å². The van der Waals surface area contributed by atoms with Crippen molar-refractivity contribution in [1.82, 2.24) is 5.32 Å². The average Bonchev–Trinajstić information content (AvgIpc) is 2.41. The SMILES string of the molecule is COc1cc(C)c(S(=O)(=O)CNCCOCC(=O)O)c(C)c1. The summed E-state index contributed by atoms with van der Waals surface area (Å²) < 4.78 is 34.7. The fourth-order valence-electron chi connectivity index (χ4n) is 2.10. The van der Waals surface area contributed by atoms with Crippen molar-refractivity contribution in [2.45, 2.75) is 18.7 Å². The largest absolute Gasteiger partial charge is 0.497 e. The minimum absolute atomic E-state index is 0.127. The summed E-state index contributed by atoms with van der Waals surface area (Å²) in [6.07, 6.45) is 0. The van der Waals surface area contributed by atoms with Crippen LogP contribution in [0.4, 0.5) is 0 Å². The fraction of sp³-hybridized carbons (Fsp3) is 0.500. The Labute approximate surface area is 130 Å². The second-order valence-corrected chi connectivity index (χ2v) is 6.72. The quantitative estimate of drug-likeness (QED) is 0.643. The molecular weight excluding hydrogens is 310 g/mol. The maximum atomic E-state index is 12.4. The molecule has 0 radical (unpaired) electrons. The van der Waals surface area contributed by atoms with Crippen LogP contribution in [0.2, 0.25) is 0 Å². The first-order chi connectivity index (χ1) is 10.3. The van der Waals surface area contributed by atoms with Gasteiger partial charge < -0.3 is 19.9 Å². The molecule has 0 heterocycles. The second kappa shape index (κ2) is 8.11. The van der Waals surface area contributed by atoms with E-state index in [0.717, 1.165) is 0 Å². The summed E-state index contributed by atoms with van der Waals surface area (Å²) in [6, 6.07) is 3.35. The molecule has 0 fully saturated rings. The highest BCUT2D eigenvalue weighted by Gasteiger charge is 2.20. The molecule has 22 heavy (non-hydrogen) atoms. The molecule has 1 rings (SSSR count). The number of hydrogen-bond donors (Lipinski definition) is 2. The van der Waals surface area contributed by atoms with Gasteiger partial charge in [-0.15, -0.1) is 0 Å². The molecule has 0 aliphatic heterocycles. The Morgan fingerprint density at radius 1 is 1.27 bits per heavy atom. The molecule has 0 saturated heterocycles. The smallest absolute Gasteiger partial charge is 0.329 e. The zero-order valence-electron chi connectivity index (χ0n) is 12.9. The van der Waals surface area contributed by atoms with Crippen LogP contribution < -0.4 is 10.1 Å². The molecule has 0 saturated carbocycles. The maximum Gasteiger partial charge on any atom is 0.329 e. The number of hydrogen-bond acceptors (Lipinski definition) is 6. The summed E-state index contributed by atoms with van der Waals surface area (Å²) in [5.74, 6) is -0.682. The third kappa shape index (κ3) is 5.28. The van der Waals surface area contributed by atoms with E-state index in [1.807, 2.05) is 0 Å². The Balaban J connectivity index is 2.65. The molecule has 8 heteroatoms. The van der Waals surface area contributed by atoms with Gasteiger partial charge in [-0.25, -0.2) is 13.2 Å². The van der Waals surface area contributed by atoms with Gasteiger partial charge in [0.25, 0.3) is 0 Å². The van der Waals surface area contributed by atoms with Crippen LogP contribution in [-0.4, -0.2) is 52.2 Å². The van der Waals surface area contributed by atoms with Gasteiger partial charge in [0.05, 0.1) is 18.6 Å². The monoisotopic (exact) mass is 331 g/mol. The normalized spacial score (nSPS) is 11.4. The Kier molecular flexibility index (Phi) is 6.79. The number of ether oxygens (including phenoxy) is 2. The van der Waals surface area contributed by atoms with Crippen molar-refractivity contribution in [3.63, 3.8) is 0 Å². The van der Waals surface area contributed by atoms with Crippen LogP contribution in [0.3, 0.4) is 0 Å². The van der Waals surface area contributed by atoms with E-state index in [2.05, 4.69) is 5.32 Å². The highest BCUT2D eigenvalue weighted by Crippen LogP contribution is 2.26. The van der Waals surface area contributed by atoms with Crippen molar-refractivity contribution < 1.29 is 27.8 Å². The highest BCUT2D eigenvalue weighted by atomic mass is 32.2. The first-order valence-corrected chi connectivity index (χ1v) is 8.31. The molecule has 0 unspecified atom stereocenters. The molecule has 0 spiro atoms. The number of methoxy groups -OCH3 is 1. The van der Waals surface area contributed by atoms with Crippen LogP contribution in [0.25, 0.3) is 0 Å². The lowest BCUT2D eigenvalue weighted by atomic mass is 10.1. The first kappa shape index (κ1) is 18.4. The van der Waals surface area contributed by atoms with E-state index in [1.54, 1.807) is 26.0 Å². The summed E-state index contributed by atoms with van der Waals surface area (Å²) in [4.78, 5) is 10.5. The predicted octanol–water partition coefficient (Wildman–Crippen LogP) is 0.734. The van der Waals surface area contributed by atoms with Crippen LogP contribution in [-0.2, 0) is 19.4 Å². The second-order valence-electron chi connectivity index (χ2n) is 4.80. The average molecular weight is 331 g/mol. The van der Waals surface area contributed by atoms with E-state index in [9.17, 15) is 13.2 Å². The molecule has 1 aromatic carbocycles. The number of sulfone groups is 1. The van der Waals surface area contributed by atoms with Gasteiger partial charge in [-0.2, -0.15) is 0 Å². The summed E-state index contributed by atoms with van der Waals surface area (Å²) >= 11 is 0. The standard InChI is InChI=1S/C14H21NO6S/c1-10-6-12(20-3)7-11(2)14(10)22(18,19)9-15-4-5-21-8-13(16)17/h6-7,15H,4-5,8-9H2,1-3H3,(H,16,17). The van der Waals surface area contributed by atoms with E-state index in [1.165, 1.54) is 7.11 Å². The lowest BCUT2D eigenvalue weighted by molar-refractivity contribution is -0.142. The van der Waals surface area contributed by atoms with Crippen LogP contribution >= 0.6 is 0 Å². The lowest BCUT2D eigenvalue weighted by Crippen LogP contribution is -2.28. The molecule has 2 N–H and O–H groups in total. The molecule has 0 aliphatic carbocycles. The Morgan fingerprint density at radius 3 is 2.36 bits per heavy atom. The summed E-state index contributed by atoms with van der Waals surface area (Å²) in [5, 5.41) is 11.1. The number of rotatable bonds is 9. The zero-order chi connectivity index (χ0) is 16.8. The highest BCUT2D eigenvalue weighted by molar-refractivity contribution is 7.91. The minimum Gasteiger partial charge on any atom is -0.497 e. The van der Waals surface area contributed by atoms with Gasteiger partial charge in [-0.05, 0) is 37.1 Å². The molecule has 7 nitrogen and oxygen atoms in total. The van der Waals surface area contributed by atoms with Crippen LogP contribution in [0.15, 0.2) is 17.0 Å². The molecule has 1 aromatic rings. The van der Waals surface area contributed by atoms with Gasteiger partial charge in [0.2, 0.25) is 0 Å². The number of carboxylic acid groups (broad SMARTS) is 1. The fourth-order valence-corrected chi connectivity index (χ4v) is 3.76. The number of benzene rings is 1. The molecule has 0 aromatic heterocycles. The van der Waals surface area contributed by atoms with Gasteiger partial charge in [-0.1, -0.05) is 0 Å². The molecule has 124 valence electrons. The van der Waals surface area contributed by atoms with E-state index in [4.69, 9.17) is 14.6 Å². The van der Waals surface area contributed by atoms with E-state index >= 15 is 0 Å². The molecule has 0 bridgehead atoms. The van der Waals surface area contributed by atoms with Gasteiger partial charge in [0, 0.05) is 6.54 Å². The summed E-state index contributed by atoms with van der Waals surface area (Å²) in [5.41, 5.74) is 1.25. The van der Waals surface area contributed by atoms with Crippen LogP contribution in [0.5, 0.6) is 5.75 Å². The minimum atomic E-state index is -3.49.